The zero-order valence-corrected chi connectivity index (χ0v) is 20.0. The molecule has 0 saturated carbocycles. The van der Waals surface area contributed by atoms with Crippen molar-refractivity contribution in [3.8, 4) is 11.8 Å². The van der Waals surface area contributed by atoms with Crippen molar-refractivity contribution in [3.63, 3.8) is 0 Å². The van der Waals surface area contributed by atoms with Crippen LogP contribution in [-0.4, -0.2) is 51.8 Å². The van der Waals surface area contributed by atoms with Crippen molar-refractivity contribution < 1.29 is 22.7 Å². The molecular weight excluding hydrogens is 505 g/mol. The molecule has 1 saturated heterocycles. The lowest BCUT2D eigenvalue weighted by Crippen LogP contribution is -2.37. The normalized spacial score (nSPS) is 15.1. The summed E-state index contributed by atoms with van der Waals surface area (Å²) in [5.41, 5.74) is -2.03. The molecule has 0 bridgehead atoms. The van der Waals surface area contributed by atoms with E-state index in [4.69, 9.17) is 10.00 Å². The van der Waals surface area contributed by atoms with Crippen LogP contribution in [0.4, 0.5) is 30.4 Å². The molecule has 0 radical (unpaired) electrons. The van der Waals surface area contributed by atoms with E-state index in [9.17, 15) is 22.8 Å². The summed E-state index contributed by atoms with van der Waals surface area (Å²) in [5, 5.41) is 19.9. The summed E-state index contributed by atoms with van der Waals surface area (Å²) in [6.45, 7) is 0.677. The molecule has 0 aromatic carbocycles. The third-order valence-corrected chi connectivity index (χ3v) is 5.80. The summed E-state index contributed by atoms with van der Waals surface area (Å²) in [7, 11) is 0. The Bertz CT molecular complexity index is 1370. The number of pyridine rings is 2. The van der Waals surface area contributed by atoms with Gasteiger partial charge in [-0.25, -0.2) is 10.1 Å². The molecule has 0 unspecified atom stereocenters. The predicted octanol–water partition coefficient (Wildman–Crippen LogP) is 2.94. The van der Waals surface area contributed by atoms with E-state index in [0.29, 0.717) is 48.7 Å². The minimum Gasteiger partial charge on any atom is -0.490 e. The Hall–Kier alpha value is -4.67. The van der Waals surface area contributed by atoms with Gasteiger partial charge in [0.1, 0.15) is 29.8 Å². The van der Waals surface area contributed by atoms with Gasteiger partial charge >= 0.3 is 6.18 Å². The highest BCUT2D eigenvalue weighted by molar-refractivity contribution is 5.91. The molecule has 1 fully saturated rings. The van der Waals surface area contributed by atoms with E-state index in [0.717, 1.165) is 6.20 Å². The predicted molar refractivity (Wildman–Crippen MR) is 131 cm³/mol. The second-order valence-electron chi connectivity index (χ2n) is 8.44. The van der Waals surface area contributed by atoms with Gasteiger partial charge in [-0.3, -0.25) is 14.6 Å². The second-order valence-corrected chi connectivity index (χ2v) is 8.44. The molecule has 1 amide bonds. The molecule has 14 heteroatoms. The van der Waals surface area contributed by atoms with Crippen LogP contribution < -0.4 is 25.8 Å². The molecule has 198 valence electrons. The van der Waals surface area contributed by atoms with Gasteiger partial charge in [-0.15, -0.1) is 0 Å². The maximum absolute atomic E-state index is 13.5. The highest BCUT2D eigenvalue weighted by atomic mass is 19.4. The van der Waals surface area contributed by atoms with Crippen LogP contribution in [0.5, 0.6) is 5.75 Å². The van der Waals surface area contributed by atoms with Gasteiger partial charge in [-0.1, -0.05) is 0 Å². The van der Waals surface area contributed by atoms with Gasteiger partial charge in [0.15, 0.2) is 0 Å². The molecule has 4 rings (SSSR count). The van der Waals surface area contributed by atoms with E-state index in [-0.39, 0.29) is 24.6 Å². The lowest BCUT2D eigenvalue weighted by molar-refractivity contribution is -0.138. The van der Waals surface area contributed by atoms with Crippen LogP contribution in [0, 0.1) is 11.3 Å². The maximum Gasteiger partial charge on any atom is 0.423 e. The number of rotatable bonds is 9. The Labute approximate surface area is 214 Å². The number of H-pyrrole nitrogens is 1. The van der Waals surface area contributed by atoms with Crippen molar-refractivity contribution in [3.05, 3.63) is 64.5 Å². The molecule has 3 aromatic heterocycles. The third-order valence-electron chi connectivity index (χ3n) is 5.80. The van der Waals surface area contributed by atoms with Gasteiger partial charge in [-0.05, 0) is 25.0 Å². The Kier molecular flexibility index (Phi) is 8.05. The fourth-order valence-corrected chi connectivity index (χ4v) is 4.06. The van der Waals surface area contributed by atoms with Crippen molar-refractivity contribution in [1.82, 2.24) is 20.2 Å². The first kappa shape index (κ1) is 26.4. The number of hydrogen-bond acceptors (Lipinski definition) is 9. The van der Waals surface area contributed by atoms with E-state index in [1.807, 2.05) is 11.2 Å². The minimum atomic E-state index is -4.83. The van der Waals surface area contributed by atoms with Gasteiger partial charge in [-0.2, -0.15) is 23.5 Å². The fourth-order valence-electron chi connectivity index (χ4n) is 4.06. The number of aromatic amines is 1. The monoisotopic (exact) mass is 528 g/mol. The molecule has 38 heavy (non-hydrogen) atoms. The molecular formula is C24H23F3N8O3. The zero-order valence-electron chi connectivity index (χ0n) is 20.0. The van der Waals surface area contributed by atoms with Crippen molar-refractivity contribution in [2.45, 2.75) is 31.5 Å². The van der Waals surface area contributed by atoms with E-state index in [1.54, 1.807) is 18.2 Å². The lowest BCUT2D eigenvalue weighted by Gasteiger charge is -2.28. The van der Waals surface area contributed by atoms with E-state index >= 15 is 0 Å². The van der Waals surface area contributed by atoms with Crippen LogP contribution in [0.3, 0.4) is 0 Å². The standard InChI is InChI=1S/C24H23F3N8O3/c25-24(26,27)22-19(13-32-34-23(22)37)35-7-1-2-17(35)14-38-18-8-16(11-29-12-18)33-21(36)5-6-30-20-4-3-15(9-28)10-31-20/h3-4,8,10-13,17H,1-2,5-7,14H2,(H,30,31)(H,33,36)(H,34,37)/t17-/m0/s1. The minimum absolute atomic E-state index is 0.0463. The molecule has 1 atom stereocenters. The average Bonchev–Trinajstić information content (AvgIpc) is 3.36. The van der Waals surface area contributed by atoms with E-state index < -0.39 is 23.3 Å². The Morgan fingerprint density at radius 2 is 2.11 bits per heavy atom. The van der Waals surface area contributed by atoms with Crippen molar-refractivity contribution in [1.29, 1.82) is 5.26 Å². The largest absolute Gasteiger partial charge is 0.490 e. The summed E-state index contributed by atoms with van der Waals surface area (Å²) < 4.78 is 46.3. The zero-order chi connectivity index (χ0) is 27.1. The van der Waals surface area contributed by atoms with Crippen LogP contribution in [0.25, 0.3) is 0 Å². The van der Waals surface area contributed by atoms with Crippen LogP contribution in [-0.2, 0) is 11.0 Å². The average molecular weight is 528 g/mol. The van der Waals surface area contributed by atoms with Gasteiger partial charge in [0.05, 0.1) is 41.6 Å². The molecule has 4 heterocycles. The molecule has 0 spiro atoms. The first-order valence-corrected chi connectivity index (χ1v) is 11.6. The van der Waals surface area contributed by atoms with Crippen LogP contribution >= 0.6 is 0 Å². The molecule has 3 N–H and O–H groups in total. The summed E-state index contributed by atoms with van der Waals surface area (Å²) in [4.78, 5) is 33.8. The van der Waals surface area contributed by atoms with Gasteiger partial charge < -0.3 is 20.3 Å². The Morgan fingerprint density at radius 3 is 2.84 bits per heavy atom. The highest BCUT2D eigenvalue weighted by Crippen LogP contribution is 2.36. The number of nitrogens with one attached hydrogen (secondary N) is 3. The smallest absolute Gasteiger partial charge is 0.423 e. The summed E-state index contributed by atoms with van der Waals surface area (Å²) in [6.07, 6.45) is 1.80. The first-order chi connectivity index (χ1) is 18.2. The van der Waals surface area contributed by atoms with Crippen LogP contribution in [0.2, 0.25) is 0 Å². The van der Waals surface area contributed by atoms with Gasteiger partial charge in [0.25, 0.3) is 5.56 Å². The molecule has 1 aliphatic rings. The van der Waals surface area contributed by atoms with E-state index in [1.165, 1.54) is 23.5 Å². The second kappa shape index (κ2) is 11.6. The summed E-state index contributed by atoms with van der Waals surface area (Å²) >= 11 is 0. The van der Waals surface area contributed by atoms with Crippen molar-refractivity contribution in [2.24, 2.45) is 0 Å². The number of halogens is 3. The fraction of sp³-hybridized carbons (Fsp3) is 0.333. The quantitative estimate of drug-likeness (QED) is 0.381. The number of anilines is 3. The Morgan fingerprint density at radius 1 is 1.26 bits per heavy atom. The maximum atomic E-state index is 13.5. The number of alkyl halides is 3. The lowest BCUT2D eigenvalue weighted by atomic mass is 10.2. The topological polar surface area (TPSA) is 149 Å². The highest BCUT2D eigenvalue weighted by Gasteiger charge is 2.40. The number of carbonyl (C=O) groups excluding carboxylic acids is 1. The number of carbonyl (C=O) groups is 1. The third kappa shape index (κ3) is 6.55. The van der Waals surface area contributed by atoms with Gasteiger partial charge in [0, 0.05) is 31.8 Å². The molecule has 0 aliphatic carbocycles. The SMILES string of the molecule is N#Cc1ccc(NCCC(=O)Nc2cncc(OC[C@@H]3CCCN3c3cn[nH]c(=O)c3C(F)(F)F)c2)nc1. The summed E-state index contributed by atoms with van der Waals surface area (Å²) in [5.74, 6) is 0.580. The number of hydrogen-bond donors (Lipinski definition) is 3. The van der Waals surface area contributed by atoms with Crippen LogP contribution in [0.1, 0.15) is 30.4 Å². The summed E-state index contributed by atoms with van der Waals surface area (Å²) in [6, 6.07) is 6.38. The van der Waals surface area contributed by atoms with Crippen molar-refractivity contribution in [2.75, 3.05) is 35.2 Å². The van der Waals surface area contributed by atoms with E-state index in [2.05, 4.69) is 25.7 Å². The number of nitrogens with zero attached hydrogens (tertiary/aromatic N) is 5. The molecule has 3 aromatic rings. The first-order valence-electron chi connectivity index (χ1n) is 11.6. The Balaban J connectivity index is 1.32. The number of ether oxygens (including phenoxy) is 1. The van der Waals surface area contributed by atoms with Crippen LogP contribution in [0.15, 0.2) is 47.8 Å². The number of nitriles is 1. The number of aromatic nitrogens is 4. The molecule has 11 nitrogen and oxygen atoms in total. The van der Waals surface area contributed by atoms with Gasteiger partial charge in [0.2, 0.25) is 5.91 Å². The molecule has 1 aliphatic heterocycles. The number of amides is 1. The van der Waals surface area contributed by atoms with Crippen molar-refractivity contribution >= 4 is 23.1 Å².